The van der Waals surface area contributed by atoms with Gasteiger partial charge in [0.1, 0.15) is 0 Å². The maximum atomic E-state index is 11.5. The maximum Gasteiger partial charge on any atom is 0.252 e. The Kier molecular flexibility index (Phi) is 3.95. The Hall–Kier alpha value is -1.33. The van der Waals surface area contributed by atoms with Gasteiger partial charge in [0.2, 0.25) is 0 Å². The van der Waals surface area contributed by atoms with Crippen molar-refractivity contribution in [2.45, 2.75) is 4.90 Å². The van der Waals surface area contributed by atoms with E-state index in [1.54, 1.807) is 0 Å². The Morgan fingerprint density at radius 3 is 2.47 bits per heavy atom. The minimum absolute atomic E-state index is 0.0603. The lowest BCUT2D eigenvalue weighted by Gasteiger charge is -2.10. The van der Waals surface area contributed by atoms with Crippen molar-refractivity contribution >= 4 is 33.4 Å². The van der Waals surface area contributed by atoms with Gasteiger partial charge in [0, 0.05) is 18.9 Å². The predicted octanol–water partition coefficient (Wildman–Crippen LogP) is 1.75. The van der Waals surface area contributed by atoms with E-state index < -0.39 is 9.84 Å². The molecule has 1 aromatic rings. The quantitative estimate of drug-likeness (QED) is 0.912. The SMILES string of the molecule is C=Cc1c(S(C)(=O)=O)ccc(C(=O)NC)c1Cl. The molecule has 1 rings (SSSR count). The second-order valence-corrected chi connectivity index (χ2v) is 5.76. The monoisotopic (exact) mass is 273 g/mol. The Bertz CT molecular complexity index is 579. The fraction of sp³-hybridized carbons (Fsp3) is 0.182. The van der Waals surface area contributed by atoms with Crippen LogP contribution in [0.15, 0.2) is 23.6 Å². The molecule has 92 valence electrons. The first-order valence-electron chi connectivity index (χ1n) is 4.70. The van der Waals surface area contributed by atoms with Crippen LogP contribution in [0, 0.1) is 0 Å². The van der Waals surface area contributed by atoms with Crippen molar-refractivity contribution in [3.63, 3.8) is 0 Å². The highest BCUT2D eigenvalue weighted by molar-refractivity contribution is 7.90. The highest BCUT2D eigenvalue weighted by atomic mass is 35.5. The summed E-state index contributed by atoms with van der Waals surface area (Å²) >= 11 is 6.00. The standard InChI is InChI=1S/C11H12ClNO3S/c1-4-7-9(17(3,15)16)6-5-8(10(7)12)11(14)13-2/h4-6H,1H2,2-3H3,(H,13,14). The fourth-order valence-electron chi connectivity index (χ4n) is 1.40. The van der Waals surface area contributed by atoms with Gasteiger partial charge >= 0.3 is 0 Å². The van der Waals surface area contributed by atoms with Gasteiger partial charge in [0.15, 0.2) is 9.84 Å². The molecular formula is C11H12ClNO3S. The zero-order valence-electron chi connectivity index (χ0n) is 9.45. The second-order valence-electron chi connectivity index (χ2n) is 3.39. The van der Waals surface area contributed by atoms with Gasteiger partial charge in [-0.2, -0.15) is 0 Å². The molecule has 0 spiro atoms. The van der Waals surface area contributed by atoms with Crippen molar-refractivity contribution in [2.24, 2.45) is 0 Å². The molecule has 0 fully saturated rings. The molecule has 0 radical (unpaired) electrons. The van der Waals surface area contributed by atoms with Gasteiger partial charge in [0.25, 0.3) is 5.91 Å². The summed E-state index contributed by atoms with van der Waals surface area (Å²) in [5.41, 5.74) is 0.465. The Balaban J connectivity index is 3.59. The number of rotatable bonds is 3. The first-order valence-corrected chi connectivity index (χ1v) is 6.97. The van der Waals surface area contributed by atoms with E-state index in [2.05, 4.69) is 11.9 Å². The number of hydrogen-bond donors (Lipinski definition) is 1. The van der Waals surface area contributed by atoms with Gasteiger partial charge in [-0.25, -0.2) is 8.42 Å². The summed E-state index contributed by atoms with van der Waals surface area (Å²) in [7, 11) is -1.94. The van der Waals surface area contributed by atoms with Crippen LogP contribution >= 0.6 is 11.6 Å². The van der Waals surface area contributed by atoms with E-state index in [9.17, 15) is 13.2 Å². The number of hydrogen-bond acceptors (Lipinski definition) is 3. The molecule has 17 heavy (non-hydrogen) atoms. The van der Waals surface area contributed by atoms with Gasteiger partial charge in [-0.15, -0.1) is 0 Å². The average Bonchev–Trinajstić information content (AvgIpc) is 2.26. The van der Waals surface area contributed by atoms with Gasteiger partial charge in [-0.3, -0.25) is 4.79 Å². The first kappa shape index (κ1) is 13.7. The number of sulfone groups is 1. The van der Waals surface area contributed by atoms with Crippen LogP contribution in [-0.4, -0.2) is 27.6 Å². The minimum Gasteiger partial charge on any atom is -0.355 e. The van der Waals surface area contributed by atoms with E-state index in [0.29, 0.717) is 0 Å². The highest BCUT2D eigenvalue weighted by Gasteiger charge is 2.19. The molecule has 1 N–H and O–H groups in total. The van der Waals surface area contributed by atoms with Crippen LogP contribution < -0.4 is 5.32 Å². The molecule has 0 aliphatic heterocycles. The topological polar surface area (TPSA) is 63.2 Å². The molecule has 0 saturated carbocycles. The van der Waals surface area contributed by atoms with Crippen LogP contribution in [0.1, 0.15) is 15.9 Å². The first-order chi connectivity index (χ1) is 7.82. The number of benzene rings is 1. The maximum absolute atomic E-state index is 11.5. The van der Waals surface area contributed by atoms with Crippen LogP contribution in [0.2, 0.25) is 5.02 Å². The molecule has 1 aromatic carbocycles. The minimum atomic E-state index is -3.40. The lowest BCUT2D eigenvalue weighted by Crippen LogP contribution is -2.19. The number of amides is 1. The normalized spacial score (nSPS) is 11.0. The van der Waals surface area contributed by atoms with Gasteiger partial charge < -0.3 is 5.32 Å². The Labute approximate surface area is 105 Å². The summed E-state index contributed by atoms with van der Waals surface area (Å²) < 4.78 is 23.0. The van der Waals surface area contributed by atoms with Crippen molar-refractivity contribution < 1.29 is 13.2 Å². The zero-order valence-corrected chi connectivity index (χ0v) is 11.0. The van der Waals surface area contributed by atoms with Crippen molar-refractivity contribution in [1.82, 2.24) is 5.32 Å². The molecule has 0 atom stereocenters. The summed E-state index contributed by atoms with van der Waals surface area (Å²) in [6, 6.07) is 2.73. The van der Waals surface area contributed by atoms with E-state index >= 15 is 0 Å². The third-order valence-electron chi connectivity index (χ3n) is 2.22. The zero-order chi connectivity index (χ0) is 13.2. The van der Waals surface area contributed by atoms with Crippen molar-refractivity contribution in [3.05, 3.63) is 34.9 Å². The fourth-order valence-corrected chi connectivity index (χ4v) is 2.68. The van der Waals surface area contributed by atoms with Crippen LogP contribution in [0.4, 0.5) is 0 Å². The Morgan fingerprint density at radius 2 is 2.06 bits per heavy atom. The summed E-state index contributed by atoms with van der Waals surface area (Å²) in [5.74, 6) is -0.377. The summed E-state index contributed by atoms with van der Waals surface area (Å²) in [5, 5.41) is 2.51. The predicted molar refractivity (Wildman–Crippen MR) is 68.0 cm³/mol. The third-order valence-corrected chi connectivity index (χ3v) is 3.78. The summed E-state index contributed by atoms with van der Waals surface area (Å²) in [4.78, 5) is 11.5. The summed E-state index contributed by atoms with van der Waals surface area (Å²) in [6.07, 6.45) is 2.40. The van der Waals surface area contributed by atoms with Gasteiger partial charge in [0.05, 0.1) is 15.5 Å². The lowest BCUT2D eigenvalue weighted by atomic mass is 10.1. The van der Waals surface area contributed by atoms with Gasteiger partial charge in [-0.05, 0) is 12.1 Å². The molecule has 0 aliphatic carbocycles. The van der Waals surface area contributed by atoms with E-state index in [-0.39, 0.29) is 27.0 Å². The molecule has 0 unspecified atom stereocenters. The molecule has 6 heteroatoms. The van der Waals surface area contributed by atoms with Crippen molar-refractivity contribution in [3.8, 4) is 0 Å². The van der Waals surface area contributed by atoms with Crippen LogP contribution in [0.5, 0.6) is 0 Å². The molecular weight excluding hydrogens is 262 g/mol. The van der Waals surface area contributed by atoms with E-state index in [1.807, 2.05) is 0 Å². The molecule has 0 bridgehead atoms. The molecule has 1 amide bonds. The molecule has 0 aliphatic rings. The largest absolute Gasteiger partial charge is 0.355 e. The molecule has 0 saturated heterocycles. The molecule has 0 aromatic heterocycles. The van der Waals surface area contributed by atoms with E-state index in [0.717, 1.165) is 6.26 Å². The van der Waals surface area contributed by atoms with Crippen LogP contribution in [-0.2, 0) is 9.84 Å². The smallest absolute Gasteiger partial charge is 0.252 e. The highest BCUT2D eigenvalue weighted by Crippen LogP contribution is 2.28. The third kappa shape index (κ3) is 2.68. The Morgan fingerprint density at radius 1 is 1.47 bits per heavy atom. The van der Waals surface area contributed by atoms with E-state index in [4.69, 9.17) is 11.6 Å². The number of halogens is 1. The molecule has 0 heterocycles. The summed E-state index contributed by atoms with van der Waals surface area (Å²) in [6.45, 7) is 3.51. The average molecular weight is 274 g/mol. The van der Waals surface area contributed by atoms with Crippen molar-refractivity contribution in [1.29, 1.82) is 0 Å². The van der Waals surface area contributed by atoms with Crippen molar-refractivity contribution in [2.75, 3.05) is 13.3 Å². The van der Waals surface area contributed by atoms with Gasteiger partial charge in [-0.1, -0.05) is 24.3 Å². The van der Waals surface area contributed by atoms with E-state index in [1.165, 1.54) is 25.3 Å². The van der Waals surface area contributed by atoms with Crippen LogP contribution in [0.25, 0.3) is 6.08 Å². The number of carbonyl (C=O) groups excluding carboxylic acids is 1. The lowest BCUT2D eigenvalue weighted by molar-refractivity contribution is 0.0963. The number of carbonyl (C=O) groups is 1. The van der Waals surface area contributed by atoms with Crippen LogP contribution in [0.3, 0.4) is 0 Å². The molecule has 4 nitrogen and oxygen atoms in total. The number of nitrogens with one attached hydrogen (secondary N) is 1. The second kappa shape index (κ2) is 4.89.